The van der Waals surface area contributed by atoms with E-state index in [1.165, 1.54) is 31.5 Å². The van der Waals surface area contributed by atoms with Crippen LogP contribution in [0.1, 0.15) is 18.4 Å². The molecule has 1 aromatic heterocycles. The molecule has 1 aliphatic heterocycles. The van der Waals surface area contributed by atoms with Crippen molar-refractivity contribution in [1.82, 2.24) is 14.9 Å². The topological polar surface area (TPSA) is 50.3 Å². The summed E-state index contributed by atoms with van der Waals surface area (Å²) in [7, 11) is 1.67. The van der Waals surface area contributed by atoms with E-state index in [-0.39, 0.29) is 0 Å². The van der Waals surface area contributed by atoms with Crippen molar-refractivity contribution in [2.45, 2.75) is 29.3 Å². The second kappa shape index (κ2) is 9.08. The van der Waals surface area contributed by atoms with Gasteiger partial charge in [0, 0.05) is 23.3 Å². The van der Waals surface area contributed by atoms with Crippen LogP contribution in [-0.4, -0.2) is 35.1 Å². The number of nitrogens with zero attached hydrogens (tertiary/aromatic N) is 3. The van der Waals surface area contributed by atoms with Crippen LogP contribution >= 0.6 is 11.8 Å². The van der Waals surface area contributed by atoms with E-state index in [0.717, 1.165) is 27.9 Å². The zero-order valence-corrected chi connectivity index (χ0v) is 16.8. The number of anilines is 2. The van der Waals surface area contributed by atoms with E-state index < -0.39 is 0 Å². The number of aromatic nitrogens is 2. The van der Waals surface area contributed by atoms with E-state index in [2.05, 4.69) is 44.5 Å². The highest BCUT2D eigenvalue weighted by Crippen LogP contribution is 2.29. The average molecular weight is 393 g/mol. The molecule has 0 atom stereocenters. The first kappa shape index (κ1) is 18.8. The van der Waals surface area contributed by atoms with Gasteiger partial charge in [0.25, 0.3) is 0 Å². The van der Waals surface area contributed by atoms with E-state index in [1.807, 2.05) is 30.3 Å². The Labute approximate surface area is 170 Å². The minimum absolute atomic E-state index is 0.597. The van der Waals surface area contributed by atoms with Crippen LogP contribution in [-0.2, 0) is 6.54 Å². The summed E-state index contributed by atoms with van der Waals surface area (Å²) in [5.74, 6) is 1.44. The molecule has 28 heavy (non-hydrogen) atoms. The van der Waals surface area contributed by atoms with Crippen molar-refractivity contribution in [2.24, 2.45) is 0 Å². The van der Waals surface area contributed by atoms with Crippen LogP contribution < -0.4 is 10.1 Å². The summed E-state index contributed by atoms with van der Waals surface area (Å²) in [6.45, 7) is 3.46. The predicted molar refractivity (Wildman–Crippen MR) is 113 cm³/mol. The number of likely N-dealkylation sites (tertiary alicyclic amines) is 1. The van der Waals surface area contributed by atoms with Gasteiger partial charge in [-0.05, 0) is 67.9 Å². The molecule has 2 heterocycles. The van der Waals surface area contributed by atoms with Crippen LogP contribution in [0.2, 0.25) is 0 Å². The van der Waals surface area contributed by atoms with Crippen LogP contribution in [0.3, 0.4) is 0 Å². The lowest BCUT2D eigenvalue weighted by atomic mass is 10.2. The van der Waals surface area contributed by atoms with Crippen molar-refractivity contribution in [2.75, 3.05) is 25.5 Å². The molecule has 3 aromatic rings. The smallest absolute Gasteiger partial charge is 0.228 e. The number of rotatable bonds is 7. The quantitative estimate of drug-likeness (QED) is 0.573. The normalized spacial score (nSPS) is 14.2. The van der Waals surface area contributed by atoms with Gasteiger partial charge in [-0.25, -0.2) is 9.97 Å². The van der Waals surface area contributed by atoms with Crippen molar-refractivity contribution < 1.29 is 4.74 Å². The maximum atomic E-state index is 5.29. The Morgan fingerprint density at radius 1 is 1.07 bits per heavy atom. The van der Waals surface area contributed by atoms with E-state index in [9.17, 15) is 0 Å². The molecule has 0 bridgehead atoms. The standard InChI is InChI=1S/C22H24N4OS/c1-27-19-5-4-6-20(15-19)28-21-11-12-23-22(25-21)24-18-9-7-17(8-10-18)16-26-13-2-3-14-26/h4-12,15H,2-3,13-14,16H2,1H3,(H,23,24,25). The van der Waals surface area contributed by atoms with Gasteiger partial charge in [-0.1, -0.05) is 30.0 Å². The van der Waals surface area contributed by atoms with Crippen molar-refractivity contribution in [3.63, 3.8) is 0 Å². The average Bonchev–Trinajstić information content (AvgIpc) is 3.23. The number of nitrogens with one attached hydrogen (secondary N) is 1. The summed E-state index contributed by atoms with van der Waals surface area (Å²) in [6.07, 6.45) is 4.42. The largest absolute Gasteiger partial charge is 0.497 e. The third kappa shape index (κ3) is 5.03. The van der Waals surface area contributed by atoms with Gasteiger partial charge < -0.3 is 10.1 Å². The van der Waals surface area contributed by atoms with Crippen molar-refractivity contribution in [1.29, 1.82) is 0 Å². The van der Waals surface area contributed by atoms with Gasteiger partial charge in [0.1, 0.15) is 10.8 Å². The van der Waals surface area contributed by atoms with Crippen LogP contribution in [0, 0.1) is 0 Å². The first-order valence-electron chi connectivity index (χ1n) is 9.52. The highest BCUT2D eigenvalue weighted by Gasteiger charge is 2.11. The highest BCUT2D eigenvalue weighted by atomic mass is 32.2. The molecule has 2 aromatic carbocycles. The Bertz CT molecular complexity index is 910. The first-order chi connectivity index (χ1) is 13.8. The Morgan fingerprint density at radius 2 is 1.89 bits per heavy atom. The fourth-order valence-electron chi connectivity index (χ4n) is 3.27. The van der Waals surface area contributed by atoms with Gasteiger partial charge in [0.2, 0.25) is 5.95 Å². The van der Waals surface area contributed by atoms with Crippen molar-refractivity contribution >= 4 is 23.4 Å². The lowest BCUT2D eigenvalue weighted by molar-refractivity contribution is 0.331. The van der Waals surface area contributed by atoms with E-state index in [1.54, 1.807) is 25.1 Å². The highest BCUT2D eigenvalue weighted by molar-refractivity contribution is 7.99. The maximum Gasteiger partial charge on any atom is 0.228 e. The predicted octanol–water partition coefficient (Wildman–Crippen LogP) is 4.98. The Kier molecular flexibility index (Phi) is 6.09. The molecule has 144 valence electrons. The molecule has 1 aliphatic rings. The lowest BCUT2D eigenvalue weighted by Crippen LogP contribution is -2.18. The van der Waals surface area contributed by atoms with Gasteiger partial charge in [-0.15, -0.1) is 0 Å². The molecule has 6 heteroatoms. The van der Waals surface area contributed by atoms with Gasteiger partial charge in [0.05, 0.1) is 7.11 Å². The molecule has 1 fully saturated rings. The molecule has 0 spiro atoms. The number of benzene rings is 2. The third-order valence-corrected chi connectivity index (χ3v) is 5.63. The van der Waals surface area contributed by atoms with Crippen LogP contribution in [0.5, 0.6) is 5.75 Å². The molecule has 0 aliphatic carbocycles. The van der Waals surface area contributed by atoms with Gasteiger partial charge in [-0.3, -0.25) is 4.90 Å². The minimum Gasteiger partial charge on any atom is -0.497 e. The molecule has 0 unspecified atom stereocenters. The van der Waals surface area contributed by atoms with Gasteiger partial charge >= 0.3 is 0 Å². The van der Waals surface area contributed by atoms with E-state index in [4.69, 9.17) is 4.74 Å². The van der Waals surface area contributed by atoms with Crippen LogP contribution in [0.15, 0.2) is 70.7 Å². The second-order valence-corrected chi connectivity index (χ2v) is 7.90. The molecule has 1 saturated heterocycles. The fourth-order valence-corrected chi connectivity index (χ4v) is 4.09. The van der Waals surface area contributed by atoms with Gasteiger partial charge in [-0.2, -0.15) is 0 Å². The molecule has 5 nitrogen and oxygen atoms in total. The van der Waals surface area contributed by atoms with Crippen molar-refractivity contribution in [3.05, 3.63) is 66.4 Å². The molecular weight excluding hydrogens is 368 g/mol. The number of hydrogen-bond acceptors (Lipinski definition) is 6. The Hall–Kier alpha value is -2.57. The fraction of sp³-hybridized carbons (Fsp3) is 0.273. The SMILES string of the molecule is COc1cccc(Sc2ccnc(Nc3ccc(CN4CCCC4)cc3)n2)c1. The summed E-state index contributed by atoms with van der Waals surface area (Å²) in [4.78, 5) is 12.5. The molecule has 0 amide bonds. The van der Waals surface area contributed by atoms with E-state index in [0.29, 0.717) is 5.95 Å². The van der Waals surface area contributed by atoms with Gasteiger partial charge in [0.15, 0.2) is 0 Å². The zero-order chi connectivity index (χ0) is 19.2. The summed E-state index contributed by atoms with van der Waals surface area (Å²) in [5, 5.41) is 4.19. The number of methoxy groups -OCH3 is 1. The molecule has 0 radical (unpaired) electrons. The second-order valence-electron chi connectivity index (χ2n) is 6.80. The van der Waals surface area contributed by atoms with Crippen LogP contribution in [0.25, 0.3) is 0 Å². The Morgan fingerprint density at radius 3 is 2.68 bits per heavy atom. The summed E-state index contributed by atoms with van der Waals surface area (Å²) in [5.41, 5.74) is 2.34. The molecule has 4 rings (SSSR count). The summed E-state index contributed by atoms with van der Waals surface area (Å²) in [6, 6.07) is 18.4. The molecular formula is C22H24N4OS. The third-order valence-electron chi connectivity index (χ3n) is 4.71. The number of hydrogen-bond donors (Lipinski definition) is 1. The van der Waals surface area contributed by atoms with Crippen molar-refractivity contribution in [3.8, 4) is 5.75 Å². The first-order valence-corrected chi connectivity index (χ1v) is 10.3. The number of ether oxygens (including phenoxy) is 1. The minimum atomic E-state index is 0.597. The van der Waals surface area contributed by atoms with E-state index >= 15 is 0 Å². The molecule has 1 N–H and O–H groups in total. The van der Waals surface area contributed by atoms with Crippen LogP contribution in [0.4, 0.5) is 11.6 Å². The maximum absolute atomic E-state index is 5.29. The monoisotopic (exact) mass is 392 g/mol. The molecule has 0 saturated carbocycles. The Balaban J connectivity index is 1.40. The lowest BCUT2D eigenvalue weighted by Gasteiger charge is -2.14. The summed E-state index contributed by atoms with van der Waals surface area (Å²) >= 11 is 1.59. The zero-order valence-electron chi connectivity index (χ0n) is 16.0. The summed E-state index contributed by atoms with van der Waals surface area (Å²) < 4.78 is 5.29.